The van der Waals surface area contributed by atoms with Crippen molar-refractivity contribution in [1.29, 1.82) is 0 Å². The number of fused-ring (bicyclic) bond motifs is 1. The number of carbonyl (C=O) groups excluding carboxylic acids is 1. The molecule has 2 aromatic carbocycles. The Morgan fingerprint density at radius 3 is 2.50 bits per heavy atom. The van der Waals surface area contributed by atoms with E-state index in [2.05, 4.69) is 61.6 Å². The Morgan fingerprint density at radius 1 is 1.04 bits per heavy atom. The summed E-state index contributed by atoms with van der Waals surface area (Å²) in [5.74, 6) is 0.0913. The summed E-state index contributed by atoms with van der Waals surface area (Å²) in [6.07, 6.45) is 3.62. The van der Waals surface area contributed by atoms with Crippen LogP contribution < -0.4 is 5.32 Å². The molecule has 24 heavy (non-hydrogen) atoms. The van der Waals surface area contributed by atoms with E-state index in [-0.39, 0.29) is 17.2 Å². The van der Waals surface area contributed by atoms with Crippen molar-refractivity contribution < 1.29 is 4.79 Å². The minimum Gasteiger partial charge on any atom is -0.349 e. The van der Waals surface area contributed by atoms with Gasteiger partial charge in [0.15, 0.2) is 0 Å². The minimum absolute atomic E-state index is 0.0458. The molecular formula is C21H25NOS. The molecule has 2 atom stereocenters. The number of nitrogens with one attached hydrogen (secondary N) is 1. The molecule has 1 amide bonds. The van der Waals surface area contributed by atoms with Crippen molar-refractivity contribution in [3.63, 3.8) is 0 Å². The predicted molar refractivity (Wildman–Crippen MR) is 102 cm³/mol. The largest absolute Gasteiger partial charge is 0.349 e. The standard InChI is InChI=1S/C21H25NOS/c1-14-7-11-20(12-8-14)24-16(3)21(23)22-15(2)18-10-9-17-5-4-6-19(17)13-18/h7-13,15-16H,4-6H2,1-3H3,(H,22,23)/t15-,16+/m1/s1. The average Bonchev–Trinajstić information content (AvgIpc) is 3.04. The normalized spacial score (nSPS) is 15.6. The Morgan fingerprint density at radius 2 is 1.75 bits per heavy atom. The molecule has 1 aliphatic rings. The highest BCUT2D eigenvalue weighted by molar-refractivity contribution is 8.00. The highest BCUT2D eigenvalue weighted by Gasteiger charge is 2.19. The van der Waals surface area contributed by atoms with E-state index in [0.29, 0.717) is 0 Å². The average molecular weight is 340 g/mol. The molecule has 0 fully saturated rings. The highest BCUT2D eigenvalue weighted by atomic mass is 32.2. The van der Waals surface area contributed by atoms with Crippen LogP contribution in [-0.4, -0.2) is 11.2 Å². The van der Waals surface area contributed by atoms with Gasteiger partial charge >= 0.3 is 0 Å². The molecule has 3 rings (SSSR count). The van der Waals surface area contributed by atoms with E-state index in [4.69, 9.17) is 0 Å². The predicted octanol–water partition coefficient (Wildman–Crippen LogP) is 4.84. The third-order valence-electron chi connectivity index (χ3n) is 4.68. The quantitative estimate of drug-likeness (QED) is 0.790. The summed E-state index contributed by atoms with van der Waals surface area (Å²) in [6, 6.07) is 15.0. The summed E-state index contributed by atoms with van der Waals surface area (Å²) in [5, 5.41) is 3.05. The molecule has 0 spiro atoms. The van der Waals surface area contributed by atoms with Crippen LogP contribution in [0.25, 0.3) is 0 Å². The molecule has 0 radical (unpaired) electrons. The molecule has 0 heterocycles. The van der Waals surface area contributed by atoms with Crippen LogP contribution in [0.4, 0.5) is 0 Å². The molecule has 0 aliphatic heterocycles. The van der Waals surface area contributed by atoms with Crippen LogP contribution in [0.2, 0.25) is 0 Å². The topological polar surface area (TPSA) is 29.1 Å². The molecule has 2 aromatic rings. The maximum atomic E-state index is 12.5. The number of thioether (sulfide) groups is 1. The Balaban J connectivity index is 1.60. The van der Waals surface area contributed by atoms with E-state index in [1.807, 2.05) is 6.92 Å². The van der Waals surface area contributed by atoms with Crippen LogP contribution in [0, 0.1) is 6.92 Å². The molecule has 2 nitrogen and oxygen atoms in total. The van der Waals surface area contributed by atoms with Crippen molar-refractivity contribution in [2.24, 2.45) is 0 Å². The Hall–Kier alpha value is -1.74. The Labute approximate surface area is 149 Å². The maximum Gasteiger partial charge on any atom is 0.233 e. The lowest BCUT2D eigenvalue weighted by molar-refractivity contribution is -0.120. The van der Waals surface area contributed by atoms with Gasteiger partial charge in [0.05, 0.1) is 11.3 Å². The lowest BCUT2D eigenvalue weighted by atomic mass is 10.0. The Kier molecular flexibility index (Phi) is 5.30. The second-order valence-electron chi connectivity index (χ2n) is 6.69. The number of rotatable bonds is 5. The summed E-state index contributed by atoms with van der Waals surface area (Å²) >= 11 is 1.61. The van der Waals surface area contributed by atoms with Gasteiger partial charge in [-0.15, -0.1) is 11.8 Å². The van der Waals surface area contributed by atoms with Gasteiger partial charge in [0.2, 0.25) is 5.91 Å². The molecule has 0 saturated carbocycles. The lowest BCUT2D eigenvalue weighted by Gasteiger charge is -2.18. The zero-order valence-corrected chi connectivity index (χ0v) is 15.5. The van der Waals surface area contributed by atoms with E-state index < -0.39 is 0 Å². The summed E-state index contributed by atoms with van der Waals surface area (Å²) in [5.41, 5.74) is 5.37. The first-order valence-electron chi connectivity index (χ1n) is 8.68. The van der Waals surface area contributed by atoms with E-state index in [9.17, 15) is 4.79 Å². The summed E-state index contributed by atoms with van der Waals surface area (Å²) in [6.45, 7) is 6.11. The van der Waals surface area contributed by atoms with E-state index in [0.717, 1.165) is 4.90 Å². The fraction of sp³-hybridized carbons (Fsp3) is 0.381. The van der Waals surface area contributed by atoms with Crippen LogP contribution in [0.5, 0.6) is 0 Å². The third-order valence-corrected chi connectivity index (χ3v) is 5.80. The van der Waals surface area contributed by atoms with Crippen molar-refractivity contribution in [1.82, 2.24) is 5.32 Å². The zero-order chi connectivity index (χ0) is 17.1. The highest BCUT2D eigenvalue weighted by Crippen LogP contribution is 2.27. The lowest BCUT2D eigenvalue weighted by Crippen LogP contribution is -2.33. The summed E-state index contributed by atoms with van der Waals surface area (Å²) in [7, 11) is 0. The summed E-state index contributed by atoms with van der Waals surface area (Å²) in [4.78, 5) is 13.6. The Bertz CT molecular complexity index is 723. The van der Waals surface area contributed by atoms with Crippen LogP contribution in [-0.2, 0) is 17.6 Å². The smallest absolute Gasteiger partial charge is 0.233 e. The van der Waals surface area contributed by atoms with Crippen molar-refractivity contribution in [2.75, 3.05) is 0 Å². The number of hydrogen-bond acceptors (Lipinski definition) is 2. The number of aryl methyl sites for hydroxylation is 3. The van der Waals surface area contributed by atoms with Gasteiger partial charge in [0.25, 0.3) is 0 Å². The van der Waals surface area contributed by atoms with Crippen molar-refractivity contribution in [2.45, 2.75) is 56.2 Å². The van der Waals surface area contributed by atoms with Crippen molar-refractivity contribution in [3.05, 3.63) is 64.7 Å². The zero-order valence-electron chi connectivity index (χ0n) is 14.6. The maximum absolute atomic E-state index is 12.5. The minimum atomic E-state index is -0.107. The van der Waals surface area contributed by atoms with Gasteiger partial charge in [0, 0.05) is 4.90 Å². The molecule has 126 valence electrons. The summed E-state index contributed by atoms with van der Waals surface area (Å²) < 4.78 is 0. The fourth-order valence-corrected chi connectivity index (χ4v) is 4.03. The molecule has 0 bridgehead atoms. The second kappa shape index (κ2) is 7.43. The van der Waals surface area contributed by atoms with Gasteiger partial charge in [-0.25, -0.2) is 0 Å². The van der Waals surface area contributed by atoms with E-state index in [1.165, 1.54) is 41.5 Å². The van der Waals surface area contributed by atoms with Gasteiger partial charge in [-0.3, -0.25) is 4.79 Å². The second-order valence-corrected chi connectivity index (χ2v) is 8.10. The number of benzene rings is 2. The SMILES string of the molecule is Cc1ccc(S[C@@H](C)C(=O)N[C@H](C)c2ccc3c(c2)CCC3)cc1. The van der Waals surface area contributed by atoms with Crippen molar-refractivity contribution in [3.8, 4) is 0 Å². The molecule has 0 saturated heterocycles. The third kappa shape index (κ3) is 4.02. The van der Waals surface area contributed by atoms with Crippen LogP contribution in [0.15, 0.2) is 47.4 Å². The monoisotopic (exact) mass is 339 g/mol. The van der Waals surface area contributed by atoms with Gasteiger partial charge in [-0.2, -0.15) is 0 Å². The first-order valence-corrected chi connectivity index (χ1v) is 9.56. The van der Waals surface area contributed by atoms with Gasteiger partial charge in [0.1, 0.15) is 0 Å². The molecule has 1 aliphatic carbocycles. The molecular weight excluding hydrogens is 314 g/mol. The molecule has 3 heteroatoms. The van der Waals surface area contributed by atoms with Gasteiger partial charge in [-0.1, -0.05) is 35.9 Å². The number of carbonyl (C=O) groups is 1. The van der Waals surface area contributed by atoms with Crippen LogP contribution in [0.1, 0.15) is 48.6 Å². The van der Waals surface area contributed by atoms with E-state index >= 15 is 0 Å². The fourth-order valence-electron chi connectivity index (χ4n) is 3.15. The van der Waals surface area contributed by atoms with E-state index in [1.54, 1.807) is 11.8 Å². The first kappa shape index (κ1) is 17.1. The van der Waals surface area contributed by atoms with Gasteiger partial charge < -0.3 is 5.32 Å². The number of amides is 1. The van der Waals surface area contributed by atoms with Crippen LogP contribution in [0.3, 0.4) is 0 Å². The van der Waals surface area contributed by atoms with Gasteiger partial charge in [-0.05, 0) is 68.9 Å². The van der Waals surface area contributed by atoms with Crippen LogP contribution >= 0.6 is 11.8 Å². The molecule has 0 aromatic heterocycles. The van der Waals surface area contributed by atoms with Crippen molar-refractivity contribution >= 4 is 17.7 Å². The first-order chi connectivity index (χ1) is 11.5. The molecule has 1 N–H and O–H groups in total. The number of hydrogen-bond donors (Lipinski definition) is 1. The molecule has 0 unspecified atom stereocenters.